The summed E-state index contributed by atoms with van der Waals surface area (Å²) in [6.07, 6.45) is 1.49. The predicted octanol–water partition coefficient (Wildman–Crippen LogP) is 5.38. The first-order chi connectivity index (χ1) is 13.4. The van der Waals surface area contributed by atoms with Crippen molar-refractivity contribution in [2.24, 2.45) is 0 Å². The Hall–Kier alpha value is -3.32. The van der Waals surface area contributed by atoms with Gasteiger partial charge in [0, 0.05) is 30.3 Å². The Bertz CT molecular complexity index is 1190. The molecule has 5 nitrogen and oxygen atoms in total. The summed E-state index contributed by atoms with van der Waals surface area (Å²) in [6, 6.07) is 9.85. The van der Waals surface area contributed by atoms with Crippen LogP contribution in [0.4, 0.5) is 14.6 Å². The van der Waals surface area contributed by atoms with Crippen LogP contribution >= 0.6 is 11.6 Å². The molecule has 0 aliphatic heterocycles. The maximum absolute atomic E-state index is 13.7. The average molecular weight is 400 g/mol. The van der Waals surface area contributed by atoms with E-state index in [1.54, 1.807) is 25.1 Å². The van der Waals surface area contributed by atoms with Gasteiger partial charge >= 0.3 is 0 Å². The van der Waals surface area contributed by atoms with E-state index in [-0.39, 0.29) is 5.82 Å². The first kappa shape index (κ1) is 18.1. The van der Waals surface area contributed by atoms with Crippen molar-refractivity contribution in [1.29, 1.82) is 0 Å². The van der Waals surface area contributed by atoms with Gasteiger partial charge in [0.2, 0.25) is 0 Å². The van der Waals surface area contributed by atoms with E-state index in [9.17, 15) is 13.6 Å². The number of oxazole rings is 1. The molecule has 0 atom stereocenters. The second-order valence-electron chi connectivity index (χ2n) is 6.02. The highest BCUT2D eigenvalue weighted by Gasteiger charge is 2.17. The Morgan fingerprint density at radius 2 is 1.89 bits per heavy atom. The summed E-state index contributed by atoms with van der Waals surface area (Å²) in [4.78, 5) is 20.5. The molecule has 2 aromatic carbocycles. The molecule has 2 aromatic heterocycles. The van der Waals surface area contributed by atoms with Crippen LogP contribution in [0.2, 0.25) is 5.02 Å². The van der Waals surface area contributed by atoms with Crippen LogP contribution in [0.15, 0.2) is 53.1 Å². The normalized spacial score (nSPS) is 11.0. The second kappa shape index (κ2) is 7.01. The molecule has 1 amide bonds. The lowest BCUT2D eigenvalue weighted by Gasteiger charge is -2.08. The second-order valence-corrected chi connectivity index (χ2v) is 6.42. The molecule has 4 rings (SSSR count). The molecule has 140 valence electrons. The Morgan fingerprint density at radius 3 is 2.57 bits per heavy atom. The highest BCUT2D eigenvalue weighted by atomic mass is 35.5. The first-order valence-corrected chi connectivity index (χ1v) is 8.58. The van der Waals surface area contributed by atoms with Gasteiger partial charge < -0.3 is 9.73 Å². The third kappa shape index (κ3) is 3.32. The lowest BCUT2D eigenvalue weighted by molar-refractivity contribution is 0.101. The highest BCUT2D eigenvalue weighted by molar-refractivity contribution is 6.34. The number of carbonyl (C=O) groups excluding carboxylic acids is 1. The Kier molecular flexibility index (Phi) is 4.52. The summed E-state index contributed by atoms with van der Waals surface area (Å²) in [5.74, 6) is -2.15. The van der Waals surface area contributed by atoms with Crippen molar-refractivity contribution in [3.05, 3.63) is 76.8 Å². The van der Waals surface area contributed by atoms with E-state index in [2.05, 4.69) is 15.3 Å². The molecule has 2 heterocycles. The fourth-order valence-corrected chi connectivity index (χ4v) is 3.07. The summed E-state index contributed by atoms with van der Waals surface area (Å²) >= 11 is 6.32. The van der Waals surface area contributed by atoms with Crippen molar-refractivity contribution in [3.8, 4) is 11.1 Å². The molecule has 0 aliphatic carbocycles. The number of benzene rings is 2. The molecule has 28 heavy (non-hydrogen) atoms. The van der Waals surface area contributed by atoms with Crippen molar-refractivity contribution in [1.82, 2.24) is 9.97 Å². The van der Waals surface area contributed by atoms with Gasteiger partial charge in [-0.2, -0.15) is 0 Å². The van der Waals surface area contributed by atoms with E-state index in [4.69, 9.17) is 16.0 Å². The zero-order valence-corrected chi connectivity index (χ0v) is 15.2. The number of nitrogens with one attached hydrogen (secondary N) is 1. The van der Waals surface area contributed by atoms with Crippen LogP contribution in [0.3, 0.4) is 0 Å². The van der Waals surface area contributed by atoms with Crippen LogP contribution in [-0.2, 0) is 0 Å². The first-order valence-electron chi connectivity index (χ1n) is 8.21. The number of halogens is 3. The summed E-state index contributed by atoms with van der Waals surface area (Å²) < 4.78 is 32.9. The number of nitrogens with zero attached hydrogens (tertiary/aromatic N) is 2. The quantitative estimate of drug-likeness (QED) is 0.502. The van der Waals surface area contributed by atoms with Crippen molar-refractivity contribution in [2.45, 2.75) is 6.92 Å². The smallest absolute Gasteiger partial charge is 0.262 e. The molecule has 0 fully saturated rings. The number of hydrogen-bond donors (Lipinski definition) is 1. The monoisotopic (exact) mass is 399 g/mol. The van der Waals surface area contributed by atoms with Crippen LogP contribution in [0, 0.1) is 18.6 Å². The minimum atomic E-state index is -0.947. The molecule has 0 aliphatic rings. The molecule has 0 radical (unpaired) electrons. The molecule has 0 bridgehead atoms. The molecule has 1 N–H and O–H groups in total. The van der Waals surface area contributed by atoms with E-state index < -0.39 is 23.1 Å². The van der Waals surface area contributed by atoms with E-state index in [0.29, 0.717) is 33.1 Å². The molecule has 4 aromatic rings. The van der Waals surface area contributed by atoms with Gasteiger partial charge in [-0.25, -0.2) is 18.7 Å². The topological polar surface area (TPSA) is 68.0 Å². The zero-order valence-electron chi connectivity index (χ0n) is 14.5. The minimum Gasteiger partial charge on any atom is -0.441 e. The molecule has 0 saturated heterocycles. The lowest BCUT2D eigenvalue weighted by atomic mass is 10.1. The zero-order chi connectivity index (χ0) is 19.8. The molecular weight excluding hydrogens is 388 g/mol. The molecule has 0 unspecified atom stereocenters. The number of anilines is 1. The maximum Gasteiger partial charge on any atom is 0.262 e. The minimum absolute atomic E-state index is 0.144. The fraction of sp³-hybridized carbons (Fsp3) is 0.0500. The van der Waals surface area contributed by atoms with Gasteiger partial charge in [0.15, 0.2) is 11.5 Å². The van der Waals surface area contributed by atoms with Crippen molar-refractivity contribution >= 4 is 34.4 Å². The molecule has 8 heteroatoms. The van der Waals surface area contributed by atoms with Gasteiger partial charge in [0.25, 0.3) is 5.91 Å². The van der Waals surface area contributed by atoms with Crippen LogP contribution < -0.4 is 5.32 Å². The van der Waals surface area contributed by atoms with E-state index >= 15 is 0 Å². The van der Waals surface area contributed by atoms with Gasteiger partial charge in [-0.05, 0) is 30.3 Å². The number of aromatic nitrogens is 2. The third-order valence-corrected chi connectivity index (χ3v) is 4.40. The molecule has 0 spiro atoms. The predicted molar refractivity (Wildman–Crippen MR) is 101 cm³/mol. The van der Waals surface area contributed by atoms with Crippen LogP contribution in [-0.4, -0.2) is 15.9 Å². The van der Waals surface area contributed by atoms with Crippen LogP contribution in [0.1, 0.15) is 16.2 Å². The van der Waals surface area contributed by atoms with Gasteiger partial charge in [0.05, 0.1) is 5.02 Å². The number of carbonyl (C=O) groups is 1. The van der Waals surface area contributed by atoms with Crippen molar-refractivity contribution < 1.29 is 18.0 Å². The van der Waals surface area contributed by atoms with E-state index in [0.717, 1.165) is 12.1 Å². The number of aryl methyl sites for hydroxylation is 1. The lowest BCUT2D eigenvalue weighted by Crippen LogP contribution is -2.16. The van der Waals surface area contributed by atoms with Crippen molar-refractivity contribution in [3.63, 3.8) is 0 Å². The Labute approximate surface area is 163 Å². The molecular formula is C20H12ClF2N3O2. The van der Waals surface area contributed by atoms with Gasteiger partial charge in [-0.3, -0.25) is 4.79 Å². The van der Waals surface area contributed by atoms with Gasteiger partial charge in [-0.15, -0.1) is 0 Å². The van der Waals surface area contributed by atoms with Crippen molar-refractivity contribution in [2.75, 3.05) is 5.32 Å². The number of fused-ring (bicyclic) bond motifs is 1. The highest BCUT2D eigenvalue weighted by Crippen LogP contribution is 2.32. The summed E-state index contributed by atoms with van der Waals surface area (Å²) in [5, 5.41) is 2.83. The number of rotatable bonds is 3. The van der Waals surface area contributed by atoms with Crippen LogP contribution in [0.5, 0.6) is 0 Å². The fourth-order valence-electron chi connectivity index (χ4n) is 2.81. The summed E-state index contributed by atoms with van der Waals surface area (Å²) in [5.41, 5.74) is 1.94. The SMILES string of the molecule is Cc1nc2cc(-c3ccc(NC(=O)c4c(F)cccc4F)nc3)c(Cl)cc2o1. The largest absolute Gasteiger partial charge is 0.441 e. The summed E-state index contributed by atoms with van der Waals surface area (Å²) in [6.45, 7) is 1.74. The van der Waals surface area contributed by atoms with Crippen LogP contribution in [0.25, 0.3) is 22.2 Å². The Balaban J connectivity index is 1.61. The number of pyridine rings is 1. The standard InChI is InChI=1S/C20H12ClF2N3O2/c1-10-25-16-7-12(13(21)8-17(16)28-10)11-5-6-18(24-9-11)26-20(27)19-14(22)3-2-4-15(19)23/h2-9H,1H3,(H,24,26,27). The number of amides is 1. The molecule has 0 saturated carbocycles. The Morgan fingerprint density at radius 1 is 1.14 bits per heavy atom. The van der Waals surface area contributed by atoms with E-state index in [1.807, 2.05) is 0 Å². The number of hydrogen-bond acceptors (Lipinski definition) is 4. The summed E-state index contributed by atoms with van der Waals surface area (Å²) in [7, 11) is 0. The maximum atomic E-state index is 13.7. The van der Waals surface area contributed by atoms with E-state index in [1.165, 1.54) is 18.3 Å². The van der Waals surface area contributed by atoms with Gasteiger partial charge in [-0.1, -0.05) is 17.7 Å². The average Bonchev–Trinajstić information content (AvgIpc) is 3.00. The third-order valence-electron chi connectivity index (χ3n) is 4.09. The van der Waals surface area contributed by atoms with Gasteiger partial charge in [0.1, 0.15) is 28.5 Å².